The lowest BCUT2D eigenvalue weighted by molar-refractivity contribution is -0.156. The van der Waals surface area contributed by atoms with Crippen molar-refractivity contribution in [3.63, 3.8) is 0 Å². The van der Waals surface area contributed by atoms with Crippen molar-refractivity contribution in [1.82, 2.24) is 9.66 Å². The van der Waals surface area contributed by atoms with Crippen LogP contribution in [0.5, 0.6) is 5.75 Å². The Morgan fingerprint density at radius 1 is 0.773 bits per heavy atom. The summed E-state index contributed by atoms with van der Waals surface area (Å²) in [6.45, 7) is 4.76. The SMILES string of the molecule is COc1ccc([C@H]2CC[C@@H](N3CCN(c4ccc(-c5ccc([N+]6(OC=O)N=Nc7ccccc76)cc5)cc4)CC3)CC2)cc1. The molecule has 44 heavy (non-hydrogen) atoms. The molecule has 0 spiro atoms. The largest absolute Gasteiger partial charge is 0.497 e. The maximum atomic E-state index is 11.4. The maximum absolute atomic E-state index is 11.4. The van der Waals surface area contributed by atoms with E-state index in [4.69, 9.17) is 9.57 Å². The van der Waals surface area contributed by atoms with Gasteiger partial charge in [0.15, 0.2) is 5.69 Å². The molecule has 224 valence electrons. The van der Waals surface area contributed by atoms with Crippen molar-refractivity contribution in [2.75, 3.05) is 38.2 Å². The third-order valence-corrected chi connectivity index (χ3v) is 9.58. The van der Waals surface area contributed by atoms with Crippen molar-refractivity contribution in [3.05, 3.63) is 103 Å². The molecule has 4 aromatic carbocycles. The van der Waals surface area contributed by atoms with E-state index in [2.05, 4.69) is 68.7 Å². The summed E-state index contributed by atoms with van der Waals surface area (Å²) in [6.07, 6.45) is 5.09. The molecule has 8 heteroatoms. The van der Waals surface area contributed by atoms with E-state index < -0.39 is 4.76 Å². The maximum Gasteiger partial charge on any atom is 0.360 e. The van der Waals surface area contributed by atoms with Crippen molar-refractivity contribution >= 4 is 29.2 Å². The summed E-state index contributed by atoms with van der Waals surface area (Å²) >= 11 is 0. The standard InChI is InChI=1S/C36H38N5O3/c1-43-34-20-12-30(13-21-34)28-8-16-32(17-9-28)40-24-22-39(23-25-40)31-14-6-27(7-15-31)29-10-18-33(19-11-29)41(44-26-42)36-5-3-2-4-35(36)37-38-41/h2-7,10-15,18-21,26,28,32H,8-9,16-17,22-25H2,1H3/q+1/t28-,32+,41?. The highest BCUT2D eigenvalue weighted by atomic mass is 16.8. The molecular formula is C36H38N5O3+. The lowest BCUT2D eigenvalue weighted by Gasteiger charge is -2.42. The van der Waals surface area contributed by atoms with Crippen LogP contribution in [0.15, 0.2) is 107 Å². The van der Waals surface area contributed by atoms with Gasteiger partial charge in [0, 0.05) is 56.1 Å². The molecule has 7 rings (SSSR count). The van der Waals surface area contributed by atoms with Crippen molar-refractivity contribution in [1.29, 1.82) is 0 Å². The Morgan fingerprint density at radius 2 is 1.43 bits per heavy atom. The summed E-state index contributed by atoms with van der Waals surface area (Å²) < 4.78 is 4.91. The fourth-order valence-electron chi connectivity index (χ4n) is 7.07. The Labute approximate surface area is 258 Å². The quantitative estimate of drug-likeness (QED) is 0.154. The first kappa shape index (κ1) is 28.3. The molecule has 2 aliphatic heterocycles. The molecule has 0 aromatic heterocycles. The third-order valence-electron chi connectivity index (χ3n) is 9.58. The zero-order chi connectivity index (χ0) is 29.9. The van der Waals surface area contributed by atoms with Gasteiger partial charge in [-0.2, -0.15) is 0 Å². The molecule has 0 amide bonds. The van der Waals surface area contributed by atoms with Gasteiger partial charge in [0.05, 0.1) is 17.1 Å². The number of hydrogen-bond acceptors (Lipinski definition) is 7. The van der Waals surface area contributed by atoms with E-state index in [1.807, 2.05) is 48.5 Å². The number of para-hydroxylation sites is 1. The lowest BCUT2D eigenvalue weighted by atomic mass is 9.81. The normalized spacial score (nSPS) is 23.2. The second kappa shape index (κ2) is 12.2. The summed E-state index contributed by atoms with van der Waals surface area (Å²) in [5.41, 5.74) is 7.05. The first-order valence-corrected chi connectivity index (χ1v) is 15.5. The van der Waals surface area contributed by atoms with Crippen LogP contribution in [0.3, 0.4) is 0 Å². The summed E-state index contributed by atoms with van der Waals surface area (Å²) in [4.78, 5) is 22.1. The second-order valence-electron chi connectivity index (χ2n) is 11.9. The van der Waals surface area contributed by atoms with Gasteiger partial charge < -0.3 is 9.64 Å². The molecular weight excluding hydrogens is 550 g/mol. The number of anilines is 1. The van der Waals surface area contributed by atoms with Crippen LogP contribution in [-0.4, -0.2) is 50.7 Å². The van der Waals surface area contributed by atoms with E-state index in [1.54, 1.807) is 7.11 Å². The van der Waals surface area contributed by atoms with Gasteiger partial charge in [0.25, 0.3) is 0 Å². The minimum atomic E-state index is -0.422. The van der Waals surface area contributed by atoms with Gasteiger partial charge in [-0.3, -0.25) is 4.90 Å². The minimum absolute atomic E-state index is 0.419. The number of methoxy groups -OCH3 is 1. The lowest BCUT2D eigenvalue weighted by Crippen LogP contribution is -2.51. The predicted octanol–water partition coefficient (Wildman–Crippen LogP) is 7.95. The Morgan fingerprint density at radius 3 is 2.09 bits per heavy atom. The molecule has 1 saturated heterocycles. The fourth-order valence-corrected chi connectivity index (χ4v) is 7.07. The summed E-state index contributed by atoms with van der Waals surface area (Å²) in [6, 6.07) is 33.7. The molecule has 1 unspecified atom stereocenters. The van der Waals surface area contributed by atoms with Crippen LogP contribution in [0, 0.1) is 0 Å². The molecule has 8 nitrogen and oxygen atoms in total. The van der Waals surface area contributed by atoms with Gasteiger partial charge in [0.1, 0.15) is 5.75 Å². The number of benzene rings is 4. The first-order valence-electron chi connectivity index (χ1n) is 15.5. The number of piperazine rings is 1. The molecule has 4 aromatic rings. The number of fused-ring (bicyclic) bond motifs is 1. The van der Waals surface area contributed by atoms with E-state index in [0.717, 1.165) is 43.1 Å². The van der Waals surface area contributed by atoms with Gasteiger partial charge >= 0.3 is 6.47 Å². The number of ether oxygens (including phenoxy) is 1. The Hall–Kier alpha value is -4.53. The molecule has 0 N–H and O–H groups in total. The highest BCUT2D eigenvalue weighted by Crippen LogP contribution is 2.47. The van der Waals surface area contributed by atoms with Crippen LogP contribution in [0.1, 0.15) is 37.2 Å². The smallest absolute Gasteiger partial charge is 0.360 e. The van der Waals surface area contributed by atoms with Gasteiger partial charge in [-0.05, 0) is 90.8 Å². The molecule has 1 aliphatic carbocycles. The average Bonchev–Trinajstić information content (AvgIpc) is 3.48. The molecule has 3 aliphatic rings. The van der Waals surface area contributed by atoms with Gasteiger partial charge in [0.2, 0.25) is 11.4 Å². The van der Waals surface area contributed by atoms with Crippen LogP contribution < -0.4 is 14.4 Å². The predicted molar refractivity (Wildman–Crippen MR) is 173 cm³/mol. The van der Waals surface area contributed by atoms with E-state index in [1.165, 1.54) is 36.9 Å². The highest BCUT2D eigenvalue weighted by molar-refractivity contribution is 5.74. The number of rotatable bonds is 8. The molecule has 1 saturated carbocycles. The monoisotopic (exact) mass is 588 g/mol. The number of nitrogens with zero attached hydrogens (tertiary/aromatic N) is 5. The Balaban J connectivity index is 0.948. The van der Waals surface area contributed by atoms with Crippen molar-refractivity contribution in [3.8, 4) is 16.9 Å². The number of carbonyl (C=O) groups is 1. The number of quaternary nitrogens is 1. The Kier molecular flexibility index (Phi) is 7.85. The Bertz CT molecular complexity index is 1610. The van der Waals surface area contributed by atoms with Gasteiger partial charge in [-0.1, -0.05) is 41.5 Å². The summed E-state index contributed by atoms with van der Waals surface area (Å²) in [5.74, 6) is 1.60. The average molecular weight is 589 g/mol. The van der Waals surface area contributed by atoms with Crippen LogP contribution in [0.2, 0.25) is 0 Å². The molecule has 2 heterocycles. The second-order valence-corrected chi connectivity index (χ2v) is 11.9. The van der Waals surface area contributed by atoms with Crippen molar-refractivity contribution in [2.45, 2.75) is 37.6 Å². The number of carbonyl (C=O) groups excluding carboxylic acids is 1. The van der Waals surface area contributed by atoms with Crippen molar-refractivity contribution < 1.29 is 14.4 Å². The molecule has 0 radical (unpaired) electrons. The van der Waals surface area contributed by atoms with Crippen LogP contribution in [0.4, 0.5) is 22.7 Å². The van der Waals surface area contributed by atoms with Crippen LogP contribution in [-0.2, 0) is 9.63 Å². The molecule has 1 atom stereocenters. The molecule has 2 fully saturated rings. The summed E-state index contributed by atoms with van der Waals surface area (Å²) in [5, 5.41) is 8.55. The third kappa shape index (κ3) is 5.36. The zero-order valence-electron chi connectivity index (χ0n) is 25.1. The van der Waals surface area contributed by atoms with E-state index in [0.29, 0.717) is 35.5 Å². The van der Waals surface area contributed by atoms with E-state index in [9.17, 15) is 4.79 Å². The zero-order valence-corrected chi connectivity index (χ0v) is 25.1. The van der Waals surface area contributed by atoms with Crippen LogP contribution >= 0.6 is 0 Å². The van der Waals surface area contributed by atoms with Crippen LogP contribution in [0.25, 0.3) is 11.1 Å². The molecule has 0 bridgehead atoms. The summed E-state index contributed by atoms with van der Waals surface area (Å²) in [7, 11) is 1.73. The van der Waals surface area contributed by atoms with Crippen molar-refractivity contribution in [2.24, 2.45) is 10.3 Å². The van der Waals surface area contributed by atoms with E-state index >= 15 is 0 Å². The highest BCUT2D eigenvalue weighted by Gasteiger charge is 2.45. The van der Waals surface area contributed by atoms with Gasteiger partial charge in [-0.15, -0.1) is 0 Å². The fraction of sp³-hybridized carbons (Fsp3) is 0.306. The minimum Gasteiger partial charge on any atom is -0.497 e. The number of hydrogen-bond donors (Lipinski definition) is 0. The topological polar surface area (TPSA) is 66.7 Å². The van der Waals surface area contributed by atoms with E-state index in [-0.39, 0.29) is 0 Å². The first-order chi connectivity index (χ1) is 21.7. The van der Waals surface area contributed by atoms with Gasteiger partial charge in [-0.25, -0.2) is 9.63 Å².